The molecule has 0 bridgehead atoms. The summed E-state index contributed by atoms with van der Waals surface area (Å²) in [6.07, 6.45) is 0.384. The summed E-state index contributed by atoms with van der Waals surface area (Å²) < 4.78 is 6.05. The Bertz CT molecular complexity index is 561. The molecule has 0 aromatic heterocycles. The second-order valence-corrected chi connectivity index (χ2v) is 6.03. The molecule has 2 atom stereocenters. The predicted octanol–water partition coefficient (Wildman–Crippen LogP) is 2.46. The van der Waals surface area contributed by atoms with Gasteiger partial charge in [-0.25, -0.2) is 0 Å². The van der Waals surface area contributed by atoms with Crippen LogP contribution < -0.4 is 0 Å². The minimum absolute atomic E-state index is 0.0605. The molecule has 1 aliphatic rings. The van der Waals surface area contributed by atoms with Gasteiger partial charge in [-0.3, -0.25) is 9.59 Å². The first-order chi connectivity index (χ1) is 9.93. The Morgan fingerprint density at radius 1 is 1.48 bits per heavy atom. The van der Waals surface area contributed by atoms with Crippen LogP contribution in [-0.2, 0) is 9.53 Å². The third-order valence-corrected chi connectivity index (χ3v) is 4.86. The molecular formula is C15H18BrNO4. The summed E-state index contributed by atoms with van der Waals surface area (Å²) in [5.41, 5.74) is 1.53. The van der Waals surface area contributed by atoms with E-state index in [2.05, 4.69) is 15.9 Å². The van der Waals surface area contributed by atoms with E-state index in [1.807, 2.05) is 19.1 Å². The van der Waals surface area contributed by atoms with Crippen LogP contribution in [0.4, 0.5) is 0 Å². The third-order valence-electron chi connectivity index (χ3n) is 3.80. The van der Waals surface area contributed by atoms with Crippen LogP contribution in [0.15, 0.2) is 22.7 Å². The number of carbonyl (C=O) groups excluding carboxylic acids is 1. The predicted molar refractivity (Wildman–Crippen MR) is 81.4 cm³/mol. The van der Waals surface area contributed by atoms with E-state index in [9.17, 15) is 9.59 Å². The van der Waals surface area contributed by atoms with Gasteiger partial charge in [0.2, 0.25) is 0 Å². The second kappa shape index (κ2) is 6.58. The summed E-state index contributed by atoms with van der Waals surface area (Å²) in [5.74, 6) is -1.06. The summed E-state index contributed by atoms with van der Waals surface area (Å²) in [5, 5.41) is 9.01. The van der Waals surface area contributed by atoms with Crippen LogP contribution in [0, 0.1) is 6.92 Å². The lowest BCUT2D eigenvalue weighted by atomic mass is 10.1. The van der Waals surface area contributed by atoms with Gasteiger partial charge in [0.1, 0.15) is 0 Å². The standard InChI is InChI=1S/C15H18BrNO4/c1-9-4-3-5-12(14(9)16)15(20)17-8-11(21-2)6-10(17)7-13(18)19/h3-5,10-11H,6-8H2,1-2H3,(H,18,19). The van der Waals surface area contributed by atoms with Gasteiger partial charge in [0, 0.05) is 24.2 Å². The normalized spacial score (nSPS) is 21.6. The maximum absolute atomic E-state index is 12.7. The monoisotopic (exact) mass is 355 g/mol. The first kappa shape index (κ1) is 16.0. The molecule has 1 fully saturated rings. The summed E-state index contributed by atoms with van der Waals surface area (Å²) >= 11 is 3.44. The number of aliphatic carboxylic acids is 1. The molecule has 1 heterocycles. The topological polar surface area (TPSA) is 66.8 Å². The van der Waals surface area contributed by atoms with Crippen LogP contribution in [0.2, 0.25) is 0 Å². The van der Waals surface area contributed by atoms with Gasteiger partial charge >= 0.3 is 5.97 Å². The molecule has 1 amide bonds. The molecule has 0 saturated carbocycles. The van der Waals surface area contributed by atoms with Crippen molar-refractivity contribution in [3.05, 3.63) is 33.8 Å². The van der Waals surface area contributed by atoms with Gasteiger partial charge in [0.25, 0.3) is 5.91 Å². The first-order valence-corrected chi connectivity index (χ1v) is 7.54. The summed E-state index contributed by atoms with van der Waals surface area (Å²) in [6.45, 7) is 2.34. The fourth-order valence-corrected chi connectivity index (χ4v) is 3.09. The van der Waals surface area contributed by atoms with Crippen molar-refractivity contribution in [2.45, 2.75) is 31.9 Å². The van der Waals surface area contributed by atoms with Gasteiger partial charge in [-0.05, 0) is 40.9 Å². The van der Waals surface area contributed by atoms with Crippen LogP contribution in [0.5, 0.6) is 0 Å². The Labute approximate surface area is 132 Å². The highest BCUT2D eigenvalue weighted by Gasteiger charge is 2.37. The van der Waals surface area contributed by atoms with Crippen molar-refractivity contribution in [2.75, 3.05) is 13.7 Å². The maximum Gasteiger partial charge on any atom is 0.305 e. The molecule has 21 heavy (non-hydrogen) atoms. The van der Waals surface area contributed by atoms with Gasteiger partial charge in [0.05, 0.1) is 18.1 Å². The summed E-state index contributed by atoms with van der Waals surface area (Å²) in [7, 11) is 1.58. The minimum Gasteiger partial charge on any atom is -0.481 e. The minimum atomic E-state index is -0.905. The van der Waals surface area contributed by atoms with Crippen molar-refractivity contribution in [2.24, 2.45) is 0 Å². The van der Waals surface area contributed by atoms with E-state index in [1.165, 1.54) is 0 Å². The Morgan fingerprint density at radius 3 is 2.81 bits per heavy atom. The van der Waals surface area contributed by atoms with Crippen molar-refractivity contribution >= 4 is 27.8 Å². The number of benzene rings is 1. The van der Waals surface area contributed by atoms with Crippen molar-refractivity contribution in [1.82, 2.24) is 4.90 Å². The molecule has 2 rings (SSSR count). The number of aryl methyl sites for hydroxylation is 1. The molecule has 0 spiro atoms. The number of rotatable bonds is 4. The fraction of sp³-hybridized carbons (Fsp3) is 0.467. The van der Waals surface area contributed by atoms with Crippen LogP contribution >= 0.6 is 15.9 Å². The molecule has 1 aromatic carbocycles. The van der Waals surface area contributed by atoms with Crippen molar-refractivity contribution in [1.29, 1.82) is 0 Å². The molecule has 1 aliphatic heterocycles. The molecule has 6 heteroatoms. The lowest BCUT2D eigenvalue weighted by Gasteiger charge is -2.24. The second-order valence-electron chi connectivity index (χ2n) is 5.24. The van der Waals surface area contributed by atoms with Crippen molar-refractivity contribution in [3.8, 4) is 0 Å². The quantitative estimate of drug-likeness (QED) is 0.900. The maximum atomic E-state index is 12.7. The molecule has 2 unspecified atom stereocenters. The van der Waals surface area contributed by atoms with Crippen LogP contribution in [-0.4, -0.2) is 47.7 Å². The molecule has 1 saturated heterocycles. The number of carbonyl (C=O) groups is 2. The van der Waals surface area contributed by atoms with Gasteiger partial charge in [-0.2, -0.15) is 0 Å². The average Bonchev–Trinajstić information content (AvgIpc) is 2.83. The Morgan fingerprint density at radius 2 is 2.19 bits per heavy atom. The Balaban J connectivity index is 2.27. The van der Waals surface area contributed by atoms with Gasteiger partial charge in [-0.15, -0.1) is 0 Å². The first-order valence-electron chi connectivity index (χ1n) is 6.74. The van der Waals surface area contributed by atoms with Crippen molar-refractivity contribution < 1.29 is 19.4 Å². The number of methoxy groups -OCH3 is 1. The van der Waals surface area contributed by atoms with Crippen LogP contribution in [0.3, 0.4) is 0 Å². The van der Waals surface area contributed by atoms with E-state index in [0.717, 1.165) is 10.0 Å². The summed E-state index contributed by atoms with van der Waals surface area (Å²) in [6, 6.07) is 5.16. The zero-order chi connectivity index (χ0) is 15.6. The van der Waals surface area contributed by atoms with E-state index in [0.29, 0.717) is 18.5 Å². The van der Waals surface area contributed by atoms with Crippen LogP contribution in [0.1, 0.15) is 28.8 Å². The van der Waals surface area contributed by atoms with Crippen LogP contribution in [0.25, 0.3) is 0 Å². The smallest absolute Gasteiger partial charge is 0.305 e. The zero-order valence-corrected chi connectivity index (χ0v) is 13.6. The Kier molecular flexibility index (Phi) is 5.00. The molecule has 0 aliphatic carbocycles. The number of nitrogens with zero attached hydrogens (tertiary/aromatic N) is 1. The number of carboxylic acids is 1. The molecule has 114 valence electrons. The highest BCUT2D eigenvalue weighted by Crippen LogP contribution is 2.28. The fourth-order valence-electron chi connectivity index (χ4n) is 2.66. The van der Waals surface area contributed by atoms with E-state index in [-0.39, 0.29) is 24.5 Å². The number of carboxylic acid groups (broad SMARTS) is 1. The summed E-state index contributed by atoms with van der Waals surface area (Å²) in [4.78, 5) is 25.3. The number of amides is 1. The van der Waals surface area contributed by atoms with Crippen molar-refractivity contribution in [3.63, 3.8) is 0 Å². The molecule has 0 radical (unpaired) electrons. The van der Waals surface area contributed by atoms with E-state index in [1.54, 1.807) is 18.1 Å². The number of likely N-dealkylation sites (tertiary alicyclic amines) is 1. The number of halogens is 1. The third kappa shape index (κ3) is 3.44. The SMILES string of the molecule is COC1CC(CC(=O)O)N(C(=O)c2cccc(C)c2Br)C1. The highest BCUT2D eigenvalue weighted by atomic mass is 79.9. The molecule has 1 N–H and O–H groups in total. The molecule has 1 aromatic rings. The van der Waals surface area contributed by atoms with E-state index in [4.69, 9.17) is 9.84 Å². The average molecular weight is 356 g/mol. The lowest BCUT2D eigenvalue weighted by molar-refractivity contribution is -0.137. The number of hydrogen-bond donors (Lipinski definition) is 1. The lowest BCUT2D eigenvalue weighted by Crippen LogP contribution is -2.37. The zero-order valence-electron chi connectivity index (χ0n) is 12.0. The van der Waals surface area contributed by atoms with Gasteiger partial charge < -0.3 is 14.7 Å². The van der Waals surface area contributed by atoms with E-state index < -0.39 is 5.97 Å². The van der Waals surface area contributed by atoms with Gasteiger partial charge in [-0.1, -0.05) is 12.1 Å². The number of hydrogen-bond acceptors (Lipinski definition) is 3. The number of ether oxygens (including phenoxy) is 1. The Hall–Kier alpha value is -1.40. The largest absolute Gasteiger partial charge is 0.481 e. The molecule has 5 nitrogen and oxygen atoms in total. The van der Waals surface area contributed by atoms with E-state index >= 15 is 0 Å². The van der Waals surface area contributed by atoms with Gasteiger partial charge in [0.15, 0.2) is 0 Å². The molecular weight excluding hydrogens is 338 g/mol. The highest BCUT2D eigenvalue weighted by molar-refractivity contribution is 9.10.